The summed E-state index contributed by atoms with van der Waals surface area (Å²) in [5, 5.41) is 51.2. The van der Waals surface area contributed by atoms with Gasteiger partial charge in [0.15, 0.2) is 5.60 Å². The van der Waals surface area contributed by atoms with Gasteiger partial charge in [-0.1, -0.05) is 13.8 Å². The molecular weight excluding hydrogens is 338 g/mol. The lowest BCUT2D eigenvalue weighted by atomic mass is 9.78. The van der Waals surface area contributed by atoms with Crippen LogP contribution < -0.4 is 5.32 Å². The van der Waals surface area contributed by atoms with Gasteiger partial charge >= 0.3 is 5.97 Å². The summed E-state index contributed by atoms with van der Waals surface area (Å²) in [6.45, 7) is 2.27. The van der Waals surface area contributed by atoms with Crippen LogP contribution >= 0.6 is 0 Å². The number of aliphatic hydroxyl groups is 4. The highest BCUT2D eigenvalue weighted by Gasteiger charge is 2.55. The first-order valence-electron chi connectivity index (χ1n) is 7.90. The van der Waals surface area contributed by atoms with Crippen molar-refractivity contribution in [1.82, 2.24) is 5.32 Å². The maximum absolute atomic E-state index is 11.7. The number of amides is 1. The molecule has 0 bridgehead atoms. The predicted octanol–water partition coefficient (Wildman–Crippen LogP) is -2.60. The molecule has 0 aliphatic carbocycles. The lowest BCUT2D eigenvalue weighted by molar-refractivity contribution is -0.240. The molecule has 1 rings (SSSR count). The van der Waals surface area contributed by atoms with Crippen LogP contribution in [-0.4, -0.2) is 86.4 Å². The molecule has 0 radical (unpaired) electrons. The zero-order valence-electron chi connectivity index (χ0n) is 14.0. The fraction of sp³-hybridized carbons (Fsp3) is 0.800. The number of rotatable bonds is 8. The summed E-state index contributed by atoms with van der Waals surface area (Å²) < 4.78 is 5.56. The van der Waals surface area contributed by atoms with Crippen molar-refractivity contribution in [1.29, 1.82) is 0 Å². The van der Waals surface area contributed by atoms with E-state index < -0.39 is 66.9 Å². The molecule has 6 N–H and O–H groups in total. The normalized spacial score (nSPS) is 32.0. The number of ether oxygens (including phenoxy) is 1. The fourth-order valence-electron chi connectivity index (χ4n) is 2.89. The van der Waals surface area contributed by atoms with Crippen molar-refractivity contribution in [2.75, 3.05) is 6.61 Å². The zero-order chi connectivity index (χ0) is 19.4. The van der Waals surface area contributed by atoms with Gasteiger partial charge in [0.1, 0.15) is 24.6 Å². The molecule has 2 unspecified atom stereocenters. The van der Waals surface area contributed by atoms with Crippen molar-refractivity contribution in [3.05, 3.63) is 0 Å². The second kappa shape index (κ2) is 8.68. The van der Waals surface area contributed by atoms with Gasteiger partial charge in [0, 0.05) is 6.42 Å². The number of carbonyl (C=O) groups is 3. The molecule has 25 heavy (non-hydrogen) atoms. The van der Waals surface area contributed by atoms with Gasteiger partial charge in [0.2, 0.25) is 5.91 Å². The summed E-state index contributed by atoms with van der Waals surface area (Å²) in [4.78, 5) is 33.8. The second-order valence-electron chi connectivity index (χ2n) is 6.41. The van der Waals surface area contributed by atoms with E-state index in [0.29, 0.717) is 6.29 Å². The van der Waals surface area contributed by atoms with Gasteiger partial charge in [-0.2, -0.15) is 0 Å². The van der Waals surface area contributed by atoms with Gasteiger partial charge in [-0.25, -0.2) is 4.79 Å². The van der Waals surface area contributed by atoms with Crippen molar-refractivity contribution in [3.8, 4) is 0 Å². The first-order chi connectivity index (χ1) is 11.6. The van der Waals surface area contributed by atoms with Gasteiger partial charge in [-0.05, 0) is 5.92 Å². The lowest BCUT2D eigenvalue weighted by Gasteiger charge is -2.48. The number of carboxylic acid groups (broad SMARTS) is 1. The van der Waals surface area contributed by atoms with Crippen LogP contribution in [-0.2, 0) is 19.1 Å². The van der Waals surface area contributed by atoms with E-state index in [4.69, 9.17) is 9.84 Å². The van der Waals surface area contributed by atoms with E-state index in [1.165, 1.54) is 0 Å². The van der Waals surface area contributed by atoms with Crippen molar-refractivity contribution in [2.24, 2.45) is 5.92 Å². The first kappa shape index (κ1) is 21.5. The van der Waals surface area contributed by atoms with Gasteiger partial charge in [-0.15, -0.1) is 0 Å². The van der Waals surface area contributed by atoms with Crippen molar-refractivity contribution >= 4 is 18.2 Å². The van der Waals surface area contributed by atoms with Gasteiger partial charge in [0.25, 0.3) is 0 Å². The fourth-order valence-corrected chi connectivity index (χ4v) is 2.89. The Hall–Kier alpha value is -1.59. The van der Waals surface area contributed by atoms with Gasteiger partial charge in [0.05, 0.1) is 25.2 Å². The van der Waals surface area contributed by atoms with Crippen LogP contribution in [0.4, 0.5) is 0 Å². The molecule has 10 heteroatoms. The monoisotopic (exact) mass is 363 g/mol. The third kappa shape index (κ3) is 4.53. The van der Waals surface area contributed by atoms with Crippen molar-refractivity contribution in [2.45, 2.75) is 62.7 Å². The molecule has 0 aromatic carbocycles. The Morgan fingerprint density at radius 1 is 1.36 bits per heavy atom. The third-order valence-corrected chi connectivity index (χ3v) is 4.44. The zero-order valence-corrected chi connectivity index (χ0v) is 14.0. The Morgan fingerprint density at radius 3 is 2.40 bits per heavy atom. The Bertz CT molecular complexity index is 497. The third-order valence-electron chi connectivity index (χ3n) is 4.44. The number of aldehydes is 1. The number of nitrogens with one attached hydrogen (secondary N) is 1. The van der Waals surface area contributed by atoms with Crippen LogP contribution in [0.25, 0.3) is 0 Å². The Balaban J connectivity index is 3.22. The molecule has 1 aliphatic rings. The minimum Gasteiger partial charge on any atom is -0.479 e. The van der Waals surface area contributed by atoms with Crippen LogP contribution in [0.15, 0.2) is 0 Å². The number of hydrogen-bond acceptors (Lipinski definition) is 8. The average Bonchev–Trinajstić information content (AvgIpc) is 2.54. The van der Waals surface area contributed by atoms with E-state index in [1.807, 2.05) is 0 Å². The van der Waals surface area contributed by atoms with E-state index in [9.17, 15) is 34.8 Å². The number of aliphatic hydroxyl groups excluding tert-OH is 4. The quantitative estimate of drug-likeness (QED) is 0.200. The Labute approximate surface area is 144 Å². The predicted molar refractivity (Wildman–Crippen MR) is 82.4 cm³/mol. The molecule has 10 nitrogen and oxygen atoms in total. The largest absolute Gasteiger partial charge is 0.479 e. The van der Waals surface area contributed by atoms with E-state index in [-0.39, 0.29) is 6.42 Å². The highest BCUT2D eigenvalue weighted by atomic mass is 16.6. The Morgan fingerprint density at radius 2 is 1.96 bits per heavy atom. The number of carboxylic acids is 1. The molecule has 144 valence electrons. The summed E-state index contributed by atoms with van der Waals surface area (Å²) in [6, 6.07) is -1.27. The number of hydrogen-bond donors (Lipinski definition) is 6. The van der Waals surface area contributed by atoms with Crippen LogP contribution in [0.1, 0.15) is 26.7 Å². The highest BCUT2D eigenvalue weighted by molar-refractivity contribution is 5.88. The Kier molecular flexibility index (Phi) is 7.44. The van der Waals surface area contributed by atoms with Crippen molar-refractivity contribution in [3.63, 3.8) is 0 Å². The topological polar surface area (TPSA) is 174 Å². The minimum atomic E-state index is -1.86. The summed E-state index contributed by atoms with van der Waals surface area (Å²) in [6.07, 6.45) is -6.92. The molecule has 1 saturated heterocycles. The summed E-state index contributed by atoms with van der Waals surface area (Å²) in [7, 11) is 0. The molecule has 1 amide bonds. The van der Waals surface area contributed by atoms with E-state index in [1.54, 1.807) is 13.8 Å². The molecule has 1 heterocycles. The second-order valence-corrected chi connectivity index (χ2v) is 6.41. The molecule has 0 spiro atoms. The number of carbonyl (C=O) groups excluding carboxylic acids is 2. The van der Waals surface area contributed by atoms with Crippen LogP contribution in [0.5, 0.6) is 0 Å². The van der Waals surface area contributed by atoms with Gasteiger partial charge in [-0.3, -0.25) is 4.79 Å². The molecule has 1 aliphatic heterocycles. The SMILES string of the molecule is CC(C)[C@]1(C(=O)O)C[C@@H](O)C(NC(=O)CC=O)C([C@H](O)[C@H](O)CO)O1. The number of aliphatic carboxylic acids is 1. The molecule has 6 atom stereocenters. The first-order valence-corrected chi connectivity index (χ1v) is 7.90. The molecular formula is C15H25NO9. The average molecular weight is 363 g/mol. The highest BCUT2D eigenvalue weighted by Crippen LogP contribution is 2.37. The van der Waals surface area contributed by atoms with Crippen LogP contribution in [0.3, 0.4) is 0 Å². The van der Waals surface area contributed by atoms with Gasteiger partial charge < -0.3 is 40.4 Å². The smallest absolute Gasteiger partial charge is 0.336 e. The molecule has 1 fully saturated rings. The summed E-state index contributed by atoms with van der Waals surface area (Å²) >= 11 is 0. The maximum Gasteiger partial charge on any atom is 0.336 e. The van der Waals surface area contributed by atoms with E-state index in [2.05, 4.69) is 5.32 Å². The standard InChI is InChI=1S/C15H25NO9/c1-7(2)15(14(23)24)5-8(19)11(16-10(21)3-4-17)13(25-15)12(22)9(20)6-18/h4,7-9,11-13,18-20,22H,3,5-6H2,1-2H3,(H,16,21)(H,23,24)/t8-,9-,11?,12-,13?,15+/m1/s1. The van der Waals surface area contributed by atoms with E-state index >= 15 is 0 Å². The van der Waals surface area contributed by atoms with E-state index in [0.717, 1.165) is 0 Å². The van der Waals surface area contributed by atoms with Crippen LogP contribution in [0.2, 0.25) is 0 Å². The summed E-state index contributed by atoms with van der Waals surface area (Å²) in [5.74, 6) is -2.73. The molecule has 0 aromatic rings. The van der Waals surface area contributed by atoms with Crippen molar-refractivity contribution < 1.29 is 44.7 Å². The molecule has 0 saturated carbocycles. The molecule has 0 aromatic heterocycles. The van der Waals surface area contributed by atoms with Crippen LogP contribution in [0, 0.1) is 5.92 Å². The minimum absolute atomic E-state index is 0.342. The summed E-state index contributed by atoms with van der Waals surface area (Å²) in [5.41, 5.74) is -1.86. The lowest BCUT2D eigenvalue weighted by Crippen LogP contribution is -2.68. The maximum atomic E-state index is 11.7.